The summed E-state index contributed by atoms with van der Waals surface area (Å²) in [6, 6.07) is 11.3. The Morgan fingerprint density at radius 2 is 1.78 bits per heavy atom. The molecule has 0 saturated carbocycles. The smallest absolute Gasteiger partial charge is 0.412 e. The molecule has 1 heterocycles. The van der Waals surface area contributed by atoms with Crippen LogP contribution in [-0.4, -0.2) is 42.4 Å². The third-order valence-electron chi connectivity index (χ3n) is 4.40. The Morgan fingerprint density at radius 3 is 2.47 bits per heavy atom. The maximum Gasteiger partial charge on any atom is 0.412 e. The summed E-state index contributed by atoms with van der Waals surface area (Å²) in [7, 11) is 0. The van der Waals surface area contributed by atoms with Gasteiger partial charge in [0.1, 0.15) is 17.9 Å². The molecule has 9 heteroatoms. The summed E-state index contributed by atoms with van der Waals surface area (Å²) in [5.41, 5.74) is 0.983. The van der Waals surface area contributed by atoms with Gasteiger partial charge in [-0.3, -0.25) is 24.6 Å². The van der Waals surface area contributed by atoms with Crippen LogP contribution < -0.4 is 20.3 Å². The van der Waals surface area contributed by atoms with E-state index in [0.29, 0.717) is 28.4 Å². The summed E-state index contributed by atoms with van der Waals surface area (Å²) in [6.07, 6.45) is -0.643. The molecule has 0 unspecified atom stereocenters. The number of nitrogens with one attached hydrogen (secondary N) is 2. The fourth-order valence-corrected chi connectivity index (χ4v) is 3.03. The highest BCUT2D eigenvalue weighted by Crippen LogP contribution is 2.34. The van der Waals surface area contributed by atoms with Crippen LogP contribution in [0.3, 0.4) is 0 Å². The van der Waals surface area contributed by atoms with Gasteiger partial charge in [-0.2, -0.15) is 0 Å². The van der Waals surface area contributed by atoms with Crippen LogP contribution in [0.1, 0.15) is 38.1 Å². The number of ether oxygens (including phenoxy) is 2. The van der Waals surface area contributed by atoms with Crippen molar-refractivity contribution < 1.29 is 28.7 Å². The van der Waals surface area contributed by atoms with Gasteiger partial charge in [0, 0.05) is 16.9 Å². The van der Waals surface area contributed by atoms with Crippen LogP contribution in [0.5, 0.6) is 5.75 Å². The predicted molar refractivity (Wildman–Crippen MR) is 119 cm³/mol. The van der Waals surface area contributed by atoms with Gasteiger partial charge in [-0.15, -0.1) is 0 Å². The number of fused-ring (bicyclic) bond motifs is 1. The average molecular weight is 439 g/mol. The monoisotopic (exact) mass is 439 g/mol. The van der Waals surface area contributed by atoms with Gasteiger partial charge in [-0.1, -0.05) is 12.1 Å². The molecule has 1 aliphatic heterocycles. The number of benzene rings is 2. The highest BCUT2D eigenvalue weighted by atomic mass is 16.6. The molecule has 32 heavy (non-hydrogen) atoms. The van der Waals surface area contributed by atoms with E-state index in [0.717, 1.165) is 0 Å². The SMILES string of the molecule is CC(=O)c1cccc(NC(=O)CN2C(=O)COc3ccc(NC(=O)OC(C)(C)C)cc32)c1. The number of ketones is 1. The van der Waals surface area contributed by atoms with Crippen LogP contribution in [0.25, 0.3) is 0 Å². The third-order valence-corrected chi connectivity index (χ3v) is 4.40. The molecule has 2 aromatic carbocycles. The molecule has 0 spiro atoms. The first-order valence-corrected chi connectivity index (χ1v) is 10.00. The van der Waals surface area contributed by atoms with Crippen molar-refractivity contribution >= 4 is 40.8 Å². The van der Waals surface area contributed by atoms with Gasteiger partial charge in [-0.05, 0) is 58.0 Å². The minimum Gasteiger partial charge on any atom is -0.482 e. The van der Waals surface area contributed by atoms with Gasteiger partial charge in [-0.25, -0.2) is 4.79 Å². The zero-order valence-electron chi connectivity index (χ0n) is 18.4. The molecule has 2 N–H and O–H groups in total. The lowest BCUT2D eigenvalue weighted by Crippen LogP contribution is -2.43. The normalized spacial score (nSPS) is 13.0. The van der Waals surface area contributed by atoms with E-state index in [4.69, 9.17) is 9.47 Å². The van der Waals surface area contributed by atoms with Gasteiger partial charge in [0.2, 0.25) is 5.91 Å². The molecule has 0 saturated heterocycles. The van der Waals surface area contributed by atoms with E-state index in [1.54, 1.807) is 63.2 Å². The summed E-state index contributed by atoms with van der Waals surface area (Å²) < 4.78 is 10.7. The van der Waals surface area contributed by atoms with Gasteiger partial charge < -0.3 is 14.8 Å². The van der Waals surface area contributed by atoms with Crippen LogP contribution in [0.15, 0.2) is 42.5 Å². The highest BCUT2D eigenvalue weighted by molar-refractivity contribution is 6.06. The molecule has 0 atom stereocenters. The topological polar surface area (TPSA) is 114 Å². The fraction of sp³-hybridized carbons (Fsp3) is 0.304. The fourth-order valence-electron chi connectivity index (χ4n) is 3.03. The number of amides is 3. The summed E-state index contributed by atoms with van der Waals surface area (Å²) >= 11 is 0. The van der Waals surface area contributed by atoms with Crippen molar-refractivity contribution in [1.82, 2.24) is 0 Å². The zero-order valence-corrected chi connectivity index (χ0v) is 18.4. The second-order valence-electron chi connectivity index (χ2n) is 8.26. The van der Waals surface area contributed by atoms with Crippen molar-refractivity contribution in [3.05, 3.63) is 48.0 Å². The van der Waals surface area contributed by atoms with Gasteiger partial charge in [0.25, 0.3) is 5.91 Å². The molecule has 3 amide bonds. The van der Waals surface area contributed by atoms with Gasteiger partial charge in [0.15, 0.2) is 12.4 Å². The van der Waals surface area contributed by atoms with Crippen LogP contribution in [0, 0.1) is 0 Å². The Hall–Kier alpha value is -3.88. The number of carbonyl (C=O) groups is 4. The van der Waals surface area contributed by atoms with Crippen LogP contribution in [-0.2, 0) is 14.3 Å². The Kier molecular flexibility index (Phi) is 6.47. The maximum absolute atomic E-state index is 12.6. The highest BCUT2D eigenvalue weighted by Gasteiger charge is 2.28. The van der Waals surface area contributed by atoms with Crippen molar-refractivity contribution in [2.75, 3.05) is 28.7 Å². The molecule has 0 fully saturated rings. The molecular weight excluding hydrogens is 414 g/mol. The molecular formula is C23H25N3O6. The molecule has 0 aromatic heterocycles. The molecule has 2 aromatic rings. The Balaban J connectivity index is 1.76. The summed E-state index contributed by atoms with van der Waals surface area (Å²) in [5, 5.41) is 5.30. The lowest BCUT2D eigenvalue weighted by Gasteiger charge is -2.29. The first-order valence-electron chi connectivity index (χ1n) is 10.00. The van der Waals surface area contributed by atoms with E-state index >= 15 is 0 Å². The predicted octanol–water partition coefficient (Wildman–Crippen LogP) is 3.60. The quantitative estimate of drug-likeness (QED) is 0.688. The van der Waals surface area contributed by atoms with Crippen molar-refractivity contribution in [3.8, 4) is 5.75 Å². The van der Waals surface area contributed by atoms with E-state index in [1.807, 2.05) is 0 Å². The van der Waals surface area contributed by atoms with Gasteiger partial charge >= 0.3 is 6.09 Å². The molecule has 9 nitrogen and oxygen atoms in total. The number of rotatable bonds is 5. The van der Waals surface area contributed by atoms with E-state index in [1.165, 1.54) is 11.8 Å². The summed E-state index contributed by atoms with van der Waals surface area (Å²) in [6.45, 7) is 6.21. The van der Waals surface area contributed by atoms with E-state index in [-0.39, 0.29) is 18.9 Å². The van der Waals surface area contributed by atoms with Crippen LogP contribution >= 0.6 is 0 Å². The summed E-state index contributed by atoms with van der Waals surface area (Å²) in [5.74, 6) is -0.564. The largest absolute Gasteiger partial charge is 0.482 e. The molecule has 0 bridgehead atoms. The van der Waals surface area contributed by atoms with Crippen molar-refractivity contribution in [1.29, 1.82) is 0 Å². The zero-order chi connectivity index (χ0) is 23.5. The number of hydrogen-bond donors (Lipinski definition) is 2. The number of hydrogen-bond acceptors (Lipinski definition) is 6. The van der Waals surface area contributed by atoms with Crippen molar-refractivity contribution in [3.63, 3.8) is 0 Å². The molecule has 0 radical (unpaired) electrons. The standard InChI is InChI=1S/C23H25N3O6/c1-14(27)15-6-5-7-16(10-15)24-20(28)12-26-18-11-17(25-22(30)32-23(2,3)4)8-9-19(18)31-13-21(26)29/h5-11H,12-13H2,1-4H3,(H,24,28)(H,25,30). The van der Waals surface area contributed by atoms with Crippen LogP contribution in [0.4, 0.5) is 21.9 Å². The van der Waals surface area contributed by atoms with E-state index in [9.17, 15) is 19.2 Å². The number of Topliss-reactive ketones (excluding diaryl/α,β-unsaturated/α-hetero) is 1. The average Bonchev–Trinajstić information content (AvgIpc) is 2.69. The number of carbonyl (C=O) groups excluding carboxylic acids is 4. The molecule has 168 valence electrons. The van der Waals surface area contributed by atoms with E-state index in [2.05, 4.69) is 10.6 Å². The van der Waals surface area contributed by atoms with Gasteiger partial charge in [0.05, 0.1) is 5.69 Å². The molecule has 3 rings (SSSR count). The minimum absolute atomic E-state index is 0.122. The Labute approximate surface area is 185 Å². The Bertz CT molecular complexity index is 1070. The third kappa shape index (κ3) is 5.84. The number of nitrogens with zero attached hydrogens (tertiary/aromatic N) is 1. The molecule has 0 aliphatic carbocycles. The number of anilines is 3. The lowest BCUT2D eigenvalue weighted by molar-refractivity contribution is -0.123. The first-order chi connectivity index (χ1) is 15.0. The van der Waals surface area contributed by atoms with E-state index < -0.39 is 23.5 Å². The maximum atomic E-state index is 12.6. The van der Waals surface area contributed by atoms with Crippen LogP contribution in [0.2, 0.25) is 0 Å². The second kappa shape index (κ2) is 9.09. The minimum atomic E-state index is -0.665. The lowest BCUT2D eigenvalue weighted by atomic mass is 10.1. The Morgan fingerprint density at radius 1 is 1.06 bits per heavy atom. The molecule has 1 aliphatic rings. The van der Waals surface area contributed by atoms with Crippen molar-refractivity contribution in [2.45, 2.75) is 33.3 Å². The first kappa shape index (κ1) is 22.8. The van der Waals surface area contributed by atoms with Crippen molar-refractivity contribution in [2.24, 2.45) is 0 Å². The second-order valence-corrected chi connectivity index (χ2v) is 8.26. The summed E-state index contributed by atoms with van der Waals surface area (Å²) in [4.78, 5) is 50.0.